The van der Waals surface area contributed by atoms with Crippen molar-refractivity contribution in [1.29, 1.82) is 0 Å². The van der Waals surface area contributed by atoms with Crippen molar-refractivity contribution in [2.75, 3.05) is 0 Å². The van der Waals surface area contributed by atoms with Crippen LogP contribution in [-0.2, 0) is 25.9 Å². The summed E-state index contributed by atoms with van der Waals surface area (Å²) in [6.45, 7) is 0.922. The number of aryl methyl sites for hydroxylation is 2. The number of rotatable bonds is 11. The predicted octanol–water partition coefficient (Wildman–Crippen LogP) is 3.82. The largest absolute Gasteiger partial charge is 0.346 e. The molecule has 0 fully saturated rings. The number of benzene rings is 2. The van der Waals surface area contributed by atoms with Gasteiger partial charge in [-0.3, -0.25) is 9.59 Å². The lowest BCUT2D eigenvalue weighted by atomic mass is 10.2. The second kappa shape index (κ2) is 12.1. The molecule has 0 aliphatic rings. The van der Waals surface area contributed by atoms with Crippen LogP contribution in [0, 0.1) is 0 Å². The highest BCUT2D eigenvalue weighted by molar-refractivity contribution is 7.13. The molecule has 0 unspecified atom stereocenters. The molecule has 0 bridgehead atoms. The standard InChI is InChI=1S/C24H24N6O2S2/c31-21(25-15-17-9-3-1-4-10-17)23-29-27-19(33-23)13-7-8-14-20-28-30-24(34-20)22(32)26-16-18-11-5-2-6-12-18/h1-6,9-12H,7-8,13-16H2,(H,25,31)(H,26,32). The van der Waals surface area contributed by atoms with Gasteiger partial charge >= 0.3 is 0 Å². The highest BCUT2D eigenvalue weighted by atomic mass is 32.1. The summed E-state index contributed by atoms with van der Waals surface area (Å²) in [6.07, 6.45) is 3.25. The van der Waals surface area contributed by atoms with Crippen LogP contribution in [0.25, 0.3) is 0 Å². The molecule has 2 heterocycles. The number of aromatic nitrogens is 4. The number of hydrogen-bond acceptors (Lipinski definition) is 8. The molecule has 2 N–H and O–H groups in total. The Kier molecular flexibility index (Phi) is 8.42. The van der Waals surface area contributed by atoms with E-state index in [2.05, 4.69) is 31.0 Å². The topological polar surface area (TPSA) is 110 Å². The van der Waals surface area contributed by atoms with E-state index in [9.17, 15) is 9.59 Å². The number of hydrogen-bond donors (Lipinski definition) is 2. The molecule has 0 aliphatic carbocycles. The molecule has 174 valence electrons. The van der Waals surface area contributed by atoms with Gasteiger partial charge in [0, 0.05) is 25.9 Å². The van der Waals surface area contributed by atoms with Gasteiger partial charge in [0.15, 0.2) is 0 Å². The van der Waals surface area contributed by atoms with Crippen LogP contribution in [0.5, 0.6) is 0 Å². The van der Waals surface area contributed by atoms with Crippen molar-refractivity contribution < 1.29 is 9.59 Å². The van der Waals surface area contributed by atoms with Gasteiger partial charge in [-0.05, 0) is 24.0 Å². The van der Waals surface area contributed by atoms with Crippen molar-refractivity contribution in [3.63, 3.8) is 0 Å². The van der Waals surface area contributed by atoms with Gasteiger partial charge in [-0.15, -0.1) is 20.4 Å². The average molecular weight is 493 g/mol. The van der Waals surface area contributed by atoms with E-state index in [1.54, 1.807) is 0 Å². The summed E-state index contributed by atoms with van der Waals surface area (Å²) >= 11 is 2.64. The monoisotopic (exact) mass is 492 g/mol. The first-order chi connectivity index (χ1) is 16.7. The zero-order valence-electron chi connectivity index (χ0n) is 18.4. The third-order valence-corrected chi connectivity index (χ3v) is 6.91. The number of amides is 2. The van der Waals surface area contributed by atoms with Crippen LogP contribution in [0.2, 0.25) is 0 Å². The third kappa shape index (κ3) is 7.00. The minimum atomic E-state index is -0.209. The van der Waals surface area contributed by atoms with Crippen LogP contribution in [0.3, 0.4) is 0 Å². The Morgan fingerprint density at radius 3 is 1.44 bits per heavy atom. The molecule has 34 heavy (non-hydrogen) atoms. The molecule has 10 heteroatoms. The van der Waals surface area contributed by atoms with E-state index in [1.165, 1.54) is 22.7 Å². The molecule has 0 saturated carbocycles. The molecule has 2 aromatic heterocycles. The van der Waals surface area contributed by atoms with Crippen LogP contribution in [-0.4, -0.2) is 32.2 Å². The lowest BCUT2D eigenvalue weighted by molar-refractivity contribution is 0.0941. The van der Waals surface area contributed by atoms with Gasteiger partial charge in [0.25, 0.3) is 11.8 Å². The summed E-state index contributed by atoms with van der Waals surface area (Å²) in [5, 5.41) is 24.5. The van der Waals surface area contributed by atoms with E-state index < -0.39 is 0 Å². The van der Waals surface area contributed by atoms with Crippen LogP contribution in [0.1, 0.15) is 53.6 Å². The molecule has 8 nitrogen and oxygen atoms in total. The summed E-state index contributed by atoms with van der Waals surface area (Å²) in [6, 6.07) is 19.5. The fourth-order valence-electron chi connectivity index (χ4n) is 3.15. The van der Waals surface area contributed by atoms with E-state index in [0.717, 1.165) is 46.8 Å². The summed E-state index contributed by atoms with van der Waals surface area (Å²) in [5.74, 6) is -0.418. The summed E-state index contributed by atoms with van der Waals surface area (Å²) < 4.78 is 0. The van der Waals surface area contributed by atoms with E-state index >= 15 is 0 Å². The lowest BCUT2D eigenvalue weighted by Gasteiger charge is -2.02. The second-order valence-corrected chi connectivity index (χ2v) is 9.67. The quantitative estimate of drug-likeness (QED) is 0.308. The first kappa shape index (κ1) is 23.7. The van der Waals surface area contributed by atoms with Crippen molar-refractivity contribution in [3.05, 3.63) is 91.8 Å². The minimum Gasteiger partial charge on any atom is -0.346 e. The van der Waals surface area contributed by atoms with E-state index in [4.69, 9.17) is 0 Å². The van der Waals surface area contributed by atoms with Crippen molar-refractivity contribution in [3.8, 4) is 0 Å². The van der Waals surface area contributed by atoms with Crippen molar-refractivity contribution in [2.45, 2.75) is 38.8 Å². The van der Waals surface area contributed by atoms with Crippen LogP contribution >= 0.6 is 22.7 Å². The summed E-state index contributed by atoms with van der Waals surface area (Å²) in [4.78, 5) is 24.6. The highest BCUT2D eigenvalue weighted by Crippen LogP contribution is 2.16. The lowest BCUT2D eigenvalue weighted by Crippen LogP contribution is -2.22. The molecule has 0 spiro atoms. The molecule has 0 radical (unpaired) electrons. The molecule has 0 atom stereocenters. The fourth-order valence-corrected chi connectivity index (χ4v) is 4.75. The molecule has 4 aromatic rings. The predicted molar refractivity (Wildman–Crippen MR) is 132 cm³/mol. The van der Waals surface area contributed by atoms with E-state index in [1.807, 2.05) is 60.7 Å². The molecule has 0 aliphatic heterocycles. The zero-order valence-corrected chi connectivity index (χ0v) is 20.1. The third-order valence-electron chi connectivity index (χ3n) is 4.95. The van der Waals surface area contributed by atoms with Gasteiger partial charge in [0.05, 0.1) is 0 Å². The molecule has 2 amide bonds. The van der Waals surface area contributed by atoms with Crippen LogP contribution in [0.15, 0.2) is 60.7 Å². The molecule has 0 saturated heterocycles. The number of carbonyl (C=O) groups excluding carboxylic acids is 2. The Bertz CT molecular complexity index is 1110. The maximum Gasteiger partial charge on any atom is 0.282 e. The Hall–Kier alpha value is -3.50. The first-order valence-electron chi connectivity index (χ1n) is 11.0. The van der Waals surface area contributed by atoms with Crippen LogP contribution in [0.4, 0.5) is 0 Å². The Morgan fingerprint density at radius 2 is 1.03 bits per heavy atom. The Morgan fingerprint density at radius 1 is 0.618 bits per heavy atom. The highest BCUT2D eigenvalue weighted by Gasteiger charge is 2.14. The van der Waals surface area contributed by atoms with Gasteiger partial charge in [0.1, 0.15) is 10.0 Å². The second-order valence-electron chi connectivity index (χ2n) is 7.55. The number of unbranched alkanes of at least 4 members (excludes halogenated alkanes) is 1. The zero-order chi connectivity index (χ0) is 23.6. The molecular formula is C24H24N6O2S2. The molecular weight excluding hydrogens is 468 g/mol. The maximum atomic E-state index is 12.3. The van der Waals surface area contributed by atoms with Crippen molar-refractivity contribution in [1.82, 2.24) is 31.0 Å². The summed E-state index contributed by atoms with van der Waals surface area (Å²) in [5.41, 5.74) is 2.07. The number of nitrogens with one attached hydrogen (secondary N) is 2. The van der Waals surface area contributed by atoms with Gasteiger partial charge < -0.3 is 10.6 Å². The Balaban J connectivity index is 1.16. The Labute approximate surface area is 205 Å². The van der Waals surface area contributed by atoms with Crippen molar-refractivity contribution >= 4 is 34.5 Å². The number of carbonyl (C=O) groups is 2. The fraction of sp³-hybridized carbons (Fsp3) is 0.250. The van der Waals surface area contributed by atoms with Gasteiger partial charge in [-0.1, -0.05) is 83.3 Å². The first-order valence-corrected chi connectivity index (χ1v) is 12.6. The van der Waals surface area contributed by atoms with Gasteiger partial charge in [-0.25, -0.2) is 0 Å². The smallest absolute Gasteiger partial charge is 0.282 e. The van der Waals surface area contributed by atoms with Gasteiger partial charge in [0.2, 0.25) is 10.0 Å². The van der Waals surface area contributed by atoms with E-state index in [-0.39, 0.29) is 11.8 Å². The van der Waals surface area contributed by atoms with E-state index in [0.29, 0.717) is 23.1 Å². The molecule has 4 rings (SSSR count). The SMILES string of the molecule is O=C(NCc1ccccc1)c1nnc(CCCCc2nnc(C(=O)NCc3ccccc3)s2)s1. The number of nitrogens with zero attached hydrogens (tertiary/aromatic N) is 4. The molecule has 2 aromatic carbocycles. The van der Waals surface area contributed by atoms with Crippen molar-refractivity contribution in [2.24, 2.45) is 0 Å². The minimum absolute atomic E-state index is 0.209. The maximum absolute atomic E-state index is 12.3. The van der Waals surface area contributed by atoms with Crippen LogP contribution < -0.4 is 10.6 Å². The average Bonchev–Trinajstić information content (AvgIpc) is 3.55. The summed E-state index contributed by atoms with van der Waals surface area (Å²) in [7, 11) is 0. The van der Waals surface area contributed by atoms with Gasteiger partial charge in [-0.2, -0.15) is 0 Å². The normalized spacial score (nSPS) is 10.7.